The van der Waals surface area contributed by atoms with E-state index in [4.69, 9.17) is 9.84 Å². The second-order valence-electron chi connectivity index (χ2n) is 3.53. The second kappa shape index (κ2) is 4.28. The second-order valence-corrected chi connectivity index (χ2v) is 3.53. The Kier molecular flexibility index (Phi) is 2.93. The van der Waals surface area contributed by atoms with Crippen LogP contribution in [0.2, 0.25) is 0 Å². The summed E-state index contributed by atoms with van der Waals surface area (Å²) < 4.78 is 44.8. The van der Waals surface area contributed by atoms with Gasteiger partial charge in [-0.05, 0) is 12.1 Å². The maximum atomic E-state index is 12.0. The molecule has 0 aliphatic carbocycles. The molecule has 2 rings (SSSR count). The van der Waals surface area contributed by atoms with Crippen LogP contribution in [0.15, 0.2) is 18.2 Å². The highest BCUT2D eigenvalue weighted by molar-refractivity contribution is 5.76. The molecule has 1 aromatic carbocycles. The standard InChI is InChI=1S/C10H8F3NO4/c11-10(12,13)18-5-1-2-7-6(3-5)14-4-8(17-7)9(15)16/h1-3,8,14H,4H2,(H,15,16). The van der Waals surface area contributed by atoms with Crippen molar-refractivity contribution >= 4 is 11.7 Å². The SMILES string of the molecule is O=C(O)C1CNc2cc(OC(F)(F)F)ccc2O1. The van der Waals surface area contributed by atoms with Crippen molar-refractivity contribution in [1.29, 1.82) is 0 Å². The number of anilines is 1. The van der Waals surface area contributed by atoms with E-state index in [9.17, 15) is 18.0 Å². The summed E-state index contributed by atoms with van der Waals surface area (Å²) in [5, 5.41) is 11.4. The van der Waals surface area contributed by atoms with Gasteiger partial charge in [0.2, 0.25) is 6.10 Å². The zero-order valence-corrected chi connectivity index (χ0v) is 8.82. The third-order valence-electron chi connectivity index (χ3n) is 2.21. The maximum Gasteiger partial charge on any atom is 0.573 e. The number of carboxylic acids is 1. The molecule has 8 heteroatoms. The molecule has 1 aromatic rings. The fourth-order valence-electron chi connectivity index (χ4n) is 1.48. The Morgan fingerprint density at radius 1 is 1.50 bits per heavy atom. The largest absolute Gasteiger partial charge is 0.573 e. The summed E-state index contributed by atoms with van der Waals surface area (Å²) >= 11 is 0. The molecule has 0 amide bonds. The average molecular weight is 263 g/mol. The van der Waals surface area contributed by atoms with Crippen molar-refractivity contribution < 1.29 is 32.5 Å². The number of carbonyl (C=O) groups is 1. The number of halogens is 3. The summed E-state index contributed by atoms with van der Waals surface area (Å²) in [6.45, 7) is -0.0300. The first-order valence-corrected chi connectivity index (χ1v) is 4.88. The molecule has 0 saturated carbocycles. The van der Waals surface area contributed by atoms with Gasteiger partial charge in [-0.1, -0.05) is 0 Å². The van der Waals surface area contributed by atoms with E-state index in [1.54, 1.807) is 0 Å². The lowest BCUT2D eigenvalue weighted by Gasteiger charge is -2.25. The summed E-state index contributed by atoms with van der Waals surface area (Å²) in [7, 11) is 0. The molecule has 98 valence electrons. The summed E-state index contributed by atoms with van der Waals surface area (Å²) in [6, 6.07) is 3.37. The number of benzene rings is 1. The van der Waals surface area contributed by atoms with Crippen LogP contribution in [0.4, 0.5) is 18.9 Å². The smallest absolute Gasteiger partial charge is 0.478 e. The molecular formula is C10H8F3NO4. The molecule has 0 spiro atoms. The first kappa shape index (κ1) is 12.3. The predicted octanol–water partition coefficient (Wildman–Crippen LogP) is 1.84. The quantitative estimate of drug-likeness (QED) is 0.852. The van der Waals surface area contributed by atoms with Gasteiger partial charge in [-0.2, -0.15) is 0 Å². The lowest BCUT2D eigenvalue weighted by molar-refractivity contribution is -0.274. The number of ether oxygens (including phenoxy) is 2. The minimum absolute atomic E-state index is 0.0300. The fourth-order valence-corrected chi connectivity index (χ4v) is 1.48. The van der Waals surface area contributed by atoms with Crippen molar-refractivity contribution in [1.82, 2.24) is 0 Å². The van der Waals surface area contributed by atoms with Gasteiger partial charge in [-0.25, -0.2) is 4.79 Å². The molecule has 0 saturated heterocycles. The molecular weight excluding hydrogens is 255 g/mol. The van der Waals surface area contributed by atoms with Gasteiger partial charge < -0.3 is 19.9 Å². The molecule has 0 fully saturated rings. The van der Waals surface area contributed by atoms with Gasteiger partial charge in [-0.3, -0.25) is 0 Å². The maximum absolute atomic E-state index is 12.0. The number of alkyl halides is 3. The number of nitrogens with one attached hydrogen (secondary N) is 1. The number of aliphatic carboxylic acids is 1. The van der Waals surface area contributed by atoms with Crippen molar-refractivity contribution in [3.63, 3.8) is 0 Å². The van der Waals surface area contributed by atoms with Gasteiger partial charge >= 0.3 is 12.3 Å². The zero-order valence-electron chi connectivity index (χ0n) is 8.82. The van der Waals surface area contributed by atoms with Gasteiger partial charge in [0.25, 0.3) is 0 Å². The van der Waals surface area contributed by atoms with Crippen LogP contribution in [0.25, 0.3) is 0 Å². The summed E-state index contributed by atoms with van der Waals surface area (Å²) in [5.74, 6) is -1.38. The first-order chi connectivity index (χ1) is 8.35. The summed E-state index contributed by atoms with van der Waals surface area (Å²) in [5.41, 5.74) is 0.259. The van der Waals surface area contributed by atoms with Crippen molar-refractivity contribution in [3.8, 4) is 11.5 Å². The van der Waals surface area contributed by atoms with E-state index in [0.717, 1.165) is 12.1 Å². The van der Waals surface area contributed by atoms with Crippen LogP contribution in [-0.4, -0.2) is 30.1 Å². The van der Waals surface area contributed by atoms with Crippen LogP contribution in [0.1, 0.15) is 0 Å². The predicted molar refractivity (Wildman–Crippen MR) is 53.7 cm³/mol. The molecule has 0 aromatic heterocycles. The highest BCUT2D eigenvalue weighted by Crippen LogP contribution is 2.34. The van der Waals surface area contributed by atoms with Crippen LogP contribution in [0, 0.1) is 0 Å². The number of hydrogen-bond donors (Lipinski definition) is 2. The van der Waals surface area contributed by atoms with Crippen molar-refractivity contribution in [2.24, 2.45) is 0 Å². The molecule has 0 bridgehead atoms. The Morgan fingerprint density at radius 3 is 2.83 bits per heavy atom. The third-order valence-corrected chi connectivity index (χ3v) is 2.21. The van der Waals surface area contributed by atoms with Crippen LogP contribution in [0.5, 0.6) is 11.5 Å². The zero-order chi connectivity index (χ0) is 13.3. The minimum Gasteiger partial charge on any atom is -0.478 e. The minimum atomic E-state index is -4.77. The monoisotopic (exact) mass is 263 g/mol. The van der Waals surface area contributed by atoms with Crippen molar-refractivity contribution in [2.75, 3.05) is 11.9 Å². The lowest BCUT2D eigenvalue weighted by Crippen LogP contribution is -2.37. The van der Waals surface area contributed by atoms with E-state index >= 15 is 0 Å². The molecule has 1 atom stereocenters. The Labute approximate surface area is 99.1 Å². The summed E-state index contributed by atoms with van der Waals surface area (Å²) in [6.07, 6.45) is -5.83. The normalized spacial score (nSPS) is 18.3. The Bertz CT molecular complexity index is 475. The molecule has 2 N–H and O–H groups in total. The van der Waals surface area contributed by atoms with Crippen LogP contribution in [0.3, 0.4) is 0 Å². The van der Waals surface area contributed by atoms with Gasteiger partial charge in [-0.15, -0.1) is 13.2 Å². The van der Waals surface area contributed by atoms with Crippen LogP contribution in [-0.2, 0) is 4.79 Å². The lowest BCUT2D eigenvalue weighted by atomic mass is 10.2. The van der Waals surface area contributed by atoms with E-state index in [2.05, 4.69) is 10.1 Å². The van der Waals surface area contributed by atoms with Crippen LogP contribution >= 0.6 is 0 Å². The highest BCUT2D eigenvalue weighted by Gasteiger charge is 2.32. The Hall–Kier alpha value is -2.12. The third kappa shape index (κ3) is 2.76. The summed E-state index contributed by atoms with van der Waals surface area (Å²) in [4.78, 5) is 10.7. The van der Waals surface area contributed by atoms with Crippen molar-refractivity contribution in [3.05, 3.63) is 18.2 Å². The Morgan fingerprint density at radius 2 is 2.22 bits per heavy atom. The van der Waals surface area contributed by atoms with Gasteiger partial charge in [0.05, 0.1) is 12.2 Å². The fraction of sp³-hybridized carbons (Fsp3) is 0.300. The number of rotatable bonds is 2. The van der Waals surface area contributed by atoms with Crippen LogP contribution < -0.4 is 14.8 Å². The Balaban J connectivity index is 2.17. The van der Waals surface area contributed by atoms with E-state index in [1.807, 2.05) is 0 Å². The molecule has 1 unspecified atom stereocenters. The van der Waals surface area contributed by atoms with E-state index in [-0.39, 0.29) is 18.0 Å². The molecule has 0 radical (unpaired) electrons. The van der Waals surface area contributed by atoms with Gasteiger partial charge in [0, 0.05) is 6.07 Å². The number of fused-ring (bicyclic) bond motifs is 1. The number of hydrogen-bond acceptors (Lipinski definition) is 4. The number of carboxylic acid groups (broad SMARTS) is 1. The molecule has 1 heterocycles. The first-order valence-electron chi connectivity index (χ1n) is 4.88. The molecule has 5 nitrogen and oxygen atoms in total. The average Bonchev–Trinajstić information content (AvgIpc) is 2.26. The molecule has 1 aliphatic rings. The van der Waals surface area contributed by atoms with E-state index < -0.39 is 24.2 Å². The highest BCUT2D eigenvalue weighted by atomic mass is 19.4. The topological polar surface area (TPSA) is 67.8 Å². The van der Waals surface area contributed by atoms with Gasteiger partial charge in [0.1, 0.15) is 11.5 Å². The van der Waals surface area contributed by atoms with Gasteiger partial charge in [0.15, 0.2) is 0 Å². The molecule has 1 aliphatic heterocycles. The van der Waals surface area contributed by atoms with Crippen molar-refractivity contribution in [2.45, 2.75) is 12.5 Å². The van der Waals surface area contributed by atoms with E-state index in [0.29, 0.717) is 0 Å². The molecule has 18 heavy (non-hydrogen) atoms. The van der Waals surface area contributed by atoms with E-state index in [1.165, 1.54) is 6.07 Å².